The molecule has 0 amide bonds. The number of hydrogen-bond donors (Lipinski definition) is 0. The van der Waals surface area contributed by atoms with E-state index in [-0.39, 0.29) is 5.43 Å². The van der Waals surface area contributed by atoms with E-state index in [1.807, 2.05) is 6.07 Å². The standard InChI is InChI=1S/C10H11ClO/c1-7(2)8-4-3-5-10(12)9(11)6-8/h3-7H,1-2H3. The minimum atomic E-state index is -0.122. The van der Waals surface area contributed by atoms with Gasteiger partial charge in [0.15, 0.2) is 5.43 Å². The van der Waals surface area contributed by atoms with Crippen molar-refractivity contribution in [2.24, 2.45) is 0 Å². The average Bonchev–Trinajstić information content (AvgIpc) is 2.15. The van der Waals surface area contributed by atoms with E-state index >= 15 is 0 Å². The predicted molar refractivity (Wildman–Crippen MR) is 51.8 cm³/mol. The van der Waals surface area contributed by atoms with Gasteiger partial charge in [0.2, 0.25) is 0 Å². The molecule has 0 aliphatic rings. The third kappa shape index (κ3) is 2.08. The molecule has 12 heavy (non-hydrogen) atoms. The molecule has 0 unspecified atom stereocenters. The summed E-state index contributed by atoms with van der Waals surface area (Å²) in [5.41, 5.74) is 0.964. The second-order valence-electron chi connectivity index (χ2n) is 3.04. The zero-order valence-corrected chi connectivity index (χ0v) is 7.93. The maximum absolute atomic E-state index is 11.1. The molecule has 0 saturated carbocycles. The fraction of sp³-hybridized carbons (Fsp3) is 0.300. The molecule has 0 atom stereocenters. The molecule has 0 aliphatic carbocycles. The van der Waals surface area contributed by atoms with Gasteiger partial charge in [0.25, 0.3) is 0 Å². The summed E-state index contributed by atoms with van der Waals surface area (Å²) in [5, 5.41) is 0.295. The number of hydrogen-bond acceptors (Lipinski definition) is 1. The Kier molecular flexibility index (Phi) is 2.88. The highest BCUT2D eigenvalue weighted by molar-refractivity contribution is 6.30. The Balaban J connectivity index is 3.31. The molecule has 0 saturated heterocycles. The van der Waals surface area contributed by atoms with E-state index in [2.05, 4.69) is 13.8 Å². The smallest absolute Gasteiger partial charge is 0.197 e. The van der Waals surface area contributed by atoms with Gasteiger partial charge in [0.05, 0.1) is 5.02 Å². The van der Waals surface area contributed by atoms with Crippen LogP contribution in [0, 0.1) is 0 Å². The molecule has 0 aliphatic heterocycles. The maximum Gasteiger partial charge on any atom is 0.197 e. The van der Waals surface area contributed by atoms with Crippen molar-refractivity contribution in [3.63, 3.8) is 0 Å². The van der Waals surface area contributed by atoms with Crippen LogP contribution in [0.1, 0.15) is 25.3 Å². The lowest BCUT2D eigenvalue weighted by Crippen LogP contribution is -1.93. The third-order valence-electron chi connectivity index (χ3n) is 1.73. The molecule has 0 fully saturated rings. The van der Waals surface area contributed by atoms with Crippen molar-refractivity contribution in [3.8, 4) is 0 Å². The average molecular weight is 183 g/mol. The Hall–Kier alpha value is -0.820. The van der Waals surface area contributed by atoms with Crippen molar-refractivity contribution in [3.05, 3.63) is 45.1 Å². The second-order valence-corrected chi connectivity index (χ2v) is 3.44. The van der Waals surface area contributed by atoms with E-state index in [0.29, 0.717) is 10.9 Å². The van der Waals surface area contributed by atoms with E-state index in [1.54, 1.807) is 12.1 Å². The molecule has 64 valence electrons. The Labute approximate surface area is 77.0 Å². The topological polar surface area (TPSA) is 17.1 Å². The zero-order valence-electron chi connectivity index (χ0n) is 7.17. The summed E-state index contributed by atoms with van der Waals surface area (Å²) in [7, 11) is 0. The molecular weight excluding hydrogens is 172 g/mol. The highest BCUT2D eigenvalue weighted by Crippen LogP contribution is 2.14. The van der Waals surface area contributed by atoms with Gasteiger partial charge in [-0.1, -0.05) is 37.6 Å². The first kappa shape index (κ1) is 9.27. The molecular formula is C10H11ClO. The van der Waals surface area contributed by atoms with Gasteiger partial charge in [0, 0.05) is 0 Å². The van der Waals surface area contributed by atoms with Crippen LogP contribution in [0.3, 0.4) is 0 Å². The summed E-state index contributed by atoms with van der Waals surface area (Å²) in [5.74, 6) is 0.397. The molecule has 0 radical (unpaired) electrons. The van der Waals surface area contributed by atoms with Crippen LogP contribution in [0.2, 0.25) is 5.02 Å². The van der Waals surface area contributed by atoms with E-state index in [9.17, 15) is 4.79 Å². The van der Waals surface area contributed by atoms with Crippen molar-refractivity contribution >= 4 is 11.6 Å². The summed E-state index contributed by atoms with van der Waals surface area (Å²) < 4.78 is 0. The maximum atomic E-state index is 11.1. The van der Waals surface area contributed by atoms with Gasteiger partial charge < -0.3 is 0 Å². The SMILES string of the molecule is CC(C)c1cccc(=O)c(Cl)c1. The van der Waals surface area contributed by atoms with Gasteiger partial charge in [-0.3, -0.25) is 4.79 Å². The molecule has 1 nitrogen and oxygen atoms in total. The lowest BCUT2D eigenvalue weighted by Gasteiger charge is -2.00. The summed E-state index contributed by atoms with van der Waals surface area (Å²) in [6, 6.07) is 6.87. The van der Waals surface area contributed by atoms with Gasteiger partial charge in [-0.25, -0.2) is 0 Å². The van der Waals surface area contributed by atoms with E-state index in [0.717, 1.165) is 5.56 Å². The van der Waals surface area contributed by atoms with Crippen LogP contribution in [-0.4, -0.2) is 0 Å². The molecule has 1 rings (SSSR count). The normalized spacial score (nSPS) is 10.3. The van der Waals surface area contributed by atoms with E-state index in [1.165, 1.54) is 6.07 Å². The zero-order chi connectivity index (χ0) is 9.14. The fourth-order valence-electron chi connectivity index (χ4n) is 0.951. The molecule has 0 bridgehead atoms. The monoisotopic (exact) mass is 182 g/mol. The summed E-state index contributed by atoms with van der Waals surface area (Å²) >= 11 is 5.73. The molecule has 0 heterocycles. The first-order valence-electron chi connectivity index (χ1n) is 3.91. The van der Waals surface area contributed by atoms with Crippen molar-refractivity contribution in [1.29, 1.82) is 0 Å². The molecule has 0 spiro atoms. The van der Waals surface area contributed by atoms with Crippen molar-refractivity contribution in [2.75, 3.05) is 0 Å². The summed E-state index contributed by atoms with van der Waals surface area (Å²) in [6.07, 6.45) is 0. The van der Waals surface area contributed by atoms with E-state index < -0.39 is 0 Å². The van der Waals surface area contributed by atoms with Gasteiger partial charge in [-0.05, 0) is 23.6 Å². The molecule has 1 aromatic rings. The number of halogens is 1. The van der Waals surface area contributed by atoms with Crippen LogP contribution in [0.15, 0.2) is 29.1 Å². The summed E-state index contributed by atoms with van der Waals surface area (Å²) in [6.45, 7) is 4.13. The van der Waals surface area contributed by atoms with Crippen LogP contribution >= 0.6 is 11.6 Å². The largest absolute Gasteiger partial charge is 0.288 e. The van der Waals surface area contributed by atoms with Crippen LogP contribution < -0.4 is 5.43 Å². The van der Waals surface area contributed by atoms with E-state index in [4.69, 9.17) is 11.6 Å². The third-order valence-corrected chi connectivity index (χ3v) is 2.03. The van der Waals surface area contributed by atoms with Gasteiger partial charge >= 0.3 is 0 Å². The predicted octanol–water partition coefficient (Wildman–Crippen LogP) is 2.82. The fourth-order valence-corrected chi connectivity index (χ4v) is 1.14. The second kappa shape index (κ2) is 3.72. The Morgan fingerprint density at radius 2 is 2.00 bits per heavy atom. The van der Waals surface area contributed by atoms with Crippen LogP contribution in [0.4, 0.5) is 0 Å². The van der Waals surface area contributed by atoms with Gasteiger partial charge in [-0.2, -0.15) is 0 Å². The summed E-state index contributed by atoms with van der Waals surface area (Å²) in [4.78, 5) is 11.1. The quantitative estimate of drug-likeness (QED) is 0.653. The van der Waals surface area contributed by atoms with Crippen molar-refractivity contribution in [1.82, 2.24) is 0 Å². The Bertz CT molecular complexity index is 331. The first-order valence-corrected chi connectivity index (χ1v) is 4.29. The van der Waals surface area contributed by atoms with Crippen molar-refractivity contribution < 1.29 is 0 Å². The first-order chi connectivity index (χ1) is 5.61. The highest BCUT2D eigenvalue weighted by atomic mass is 35.5. The minimum Gasteiger partial charge on any atom is -0.288 e. The minimum absolute atomic E-state index is 0.122. The molecule has 2 heteroatoms. The molecule has 0 aromatic heterocycles. The van der Waals surface area contributed by atoms with Gasteiger partial charge in [0.1, 0.15) is 0 Å². The highest BCUT2D eigenvalue weighted by Gasteiger charge is 1.99. The van der Waals surface area contributed by atoms with Crippen LogP contribution in [-0.2, 0) is 0 Å². The van der Waals surface area contributed by atoms with Crippen LogP contribution in [0.25, 0.3) is 0 Å². The lowest BCUT2D eigenvalue weighted by atomic mass is 10.1. The Morgan fingerprint density at radius 1 is 1.33 bits per heavy atom. The Morgan fingerprint density at radius 3 is 2.58 bits per heavy atom. The van der Waals surface area contributed by atoms with Crippen molar-refractivity contribution in [2.45, 2.75) is 19.8 Å². The van der Waals surface area contributed by atoms with Crippen LogP contribution in [0.5, 0.6) is 0 Å². The number of rotatable bonds is 1. The van der Waals surface area contributed by atoms with Gasteiger partial charge in [-0.15, -0.1) is 0 Å². The molecule has 0 N–H and O–H groups in total. The molecule has 1 aromatic carbocycles. The lowest BCUT2D eigenvalue weighted by molar-refractivity contribution is 0.868.